The Kier molecular flexibility index (Phi) is 5.16. The minimum Gasteiger partial charge on any atom is -0.346 e. The van der Waals surface area contributed by atoms with Crippen molar-refractivity contribution in [2.75, 3.05) is 36.4 Å². The van der Waals surface area contributed by atoms with Crippen molar-refractivity contribution in [3.63, 3.8) is 0 Å². The molecule has 2 aromatic rings. The molecule has 2 heterocycles. The van der Waals surface area contributed by atoms with Crippen LogP contribution in [0.25, 0.3) is 0 Å². The predicted octanol–water partition coefficient (Wildman–Crippen LogP) is 2.91. The number of nitrogens with one attached hydrogen (secondary N) is 1. The number of hydrogen-bond acceptors (Lipinski definition) is 5. The van der Waals surface area contributed by atoms with Crippen LogP contribution >= 0.6 is 11.3 Å². The molecule has 3 rings (SSSR count). The fraction of sp³-hybridized carbons (Fsp3) is 0.444. The molecule has 1 aliphatic heterocycles. The Morgan fingerprint density at radius 3 is 2.58 bits per heavy atom. The molecule has 6 heteroatoms. The lowest BCUT2D eigenvalue weighted by atomic mass is 10.1. The Morgan fingerprint density at radius 2 is 1.96 bits per heavy atom. The summed E-state index contributed by atoms with van der Waals surface area (Å²) in [7, 11) is 0. The fourth-order valence-corrected chi connectivity index (χ4v) is 3.60. The van der Waals surface area contributed by atoms with Crippen molar-refractivity contribution >= 4 is 28.1 Å². The van der Waals surface area contributed by atoms with E-state index in [0.29, 0.717) is 0 Å². The lowest BCUT2D eigenvalue weighted by molar-refractivity contribution is -0.120. The van der Waals surface area contributed by atoms with E-state index >= 15 is 0 Å². The molecule has 1 amide bonds. The van der Waals surface area contributed by atoms with Gasteiger partial charge in [0.05, 0.1) is 6.04 Å². The number of nitrogens with zero attached hydrogens (tertiary/aromatic N) is 3. The number of aryl methyl sites for hydroxylation is 2. The van der Waals surface area contributed by atoms with Crippen LogP contribution in [0.5, 0.6) is 0 Å². The molecule has 0 aliphatic carbocycles. The lowest BCUT2D eigenvalue weighted by Crippen LogP contribution is -2.52. The average molecular weight is 344 g/mol. The first-order valence-electron chi connectivity index (χ1n) is 8.31. The Bertz CT molecular complexity index is 693. The van der Waals surface area contributed by atoms with Crippen LogP contribution in [-0.2, 0) is 4.79 Å². The number of piperazine rings is 1. The van der Waals surface area contributed by atoms with Crippen molar-refractivity contribution in [3.05, 3.63) is 40.9 Å². The molecular formula is C18H24N4OS. The quantitative estimate of drug-likeness (QED) is 0.926. The number of hydrogen-bond donors (Lipinski definition) is 1. The molecule has 1 saturated heterocycles. The highest BCUT2D eigenvalue weighted by Crippen LogP contribution is 2.20. The van der Waals surface area contributed by atoms with Gasteiger partial charge in [0.25, 0.3) is 0 Å². The predicted molar refractivity (Wildman–Crippen MR) is 99.9 cm³/mol. The number of rotatable bonds is 4. The number of carbonyl (C=O) groups is 1. The Morgan fingerprint density at radius 1 is 1.21 bits per heavy atom. The van der Waals surface area contributed by atoms with Gasteiger partial charge in [0, 0.05) is 43.4 Å². The Balaban J connectivity index is 1.55. The van der Waals surface area contributed by atoms with Crippen molar-refractivity contribution < 1.29 is 4.79 Å². The Labute approximate surface area is 147 Å². The molecule has 1 N–H and O–H groups in total. The van der Waals surface area contributed by atoms with E-state index in [1.807, 2.05) is 36.7 Å². The SMILES string of the molecule is Cc1ccc(NC(=O)C(C)N2CCN(c3nccs3)CC2)cc1C. The van der Waals surface area contributed by atoms with E-state index in [1.165, 1.54) is 11.1 Å². The minimum absolute atomic E-state index is 0.0564. The molecule has 1 aromatic carbocycles. The van der Waals surface area contributed by atoms with Crippen molar-refractivity contribution in [2.24, 2.45) is 0 Å². The molecule has 5 nitrogen and oxygen atoms in total. The van der Waals surface area contributed by atoms with Crippen molar-refractivity contribution in [2.45, 2.75) is 26.8 Å². The molecule has 0 bridgehead atoms. The zero-order valence-corrected chi connectivity index (χ0v) is 15.3. The summed E-state index contributed by atoms with van der Waals surface area (Å²) >= 11 is 1.67. The highest BCUT2D eigenvalue weighted by molar-refractivity contribution is 7.13. The molecule has 1 aromatic heterocycles. The second-order valence-corrected chi connectivity index (χ2v) is 7.17. The fourth-order valence-electron chi connectivity index (χ4n) is 2.90. The molecule has 0 radical (unpaired) electrons. The van der Waals surface area contributed by atoms with Crippen molar-refractivity contribution in [1.29, 1.82) is 0 Å². The summed E-state index contributed by atoms with van der Waals surface area (Å²) in [5.41, 5.74) is 3.30. The Hall–Kier alpha value is -1.92. The maximum atomic E-state index is 12.5. The van der Waals surface area contributed by atoms with Crippen molar-refractivity contribution in [1.82, 2.24) is 9.88 Å². The highest BCUT2D eigenvalue weighted by atomic mass is 32.1. The van der Waals surface area contributed by atoms with Gasteiger partial charge in [-0.3, -0.25) is 9.69 Å². The first-order valence-corrected chi connectivity index (χ1v) is 9.19. The number of carbonyl (C=O) groups excluding carboxylic acids is 1. The number of aromatic nitrogens is 1. The molecule has 0 spiro atoms. The van der Waals surface area contributed by atoms with E-state index in [2.05, 4.69) is 33.9 Å². The maximum absolute atomic E-state index is 12.5. The third kappa shape index (κ3) is 3.76. The summed E-state index contributed by atoms with van der Waals surface area (Å²) in [4.78, 5) is 21.4. The molecule has 128 valence electrons. The average Bonchev–Trinajstić information content (AvgIpc) is 3.12. The zero-order valence-electron chi connectivity index (χ0n) is 14.5. The third-order valence-corrected chi connectivity index (χ3v) is 5.54. The lowest BCUT2D eigenvalue weighted by Gasteiger charge is -2.37. The monoisotopic (exact) mass is 344 g/mol. The van der Waals surface area contributed by atoms with Crippen LogP contribution in [0.2, 0.25) is 0 Å². The third-order valence-electron chi connectivity index (χ3n) is 4.71. The van der Waals surface area contributed by atoms with Crippen LogP contribution in [0, 0.1) is 13.8 Å². The van der Waals surface area contributed by atoms with Gasteiger partial charge in [-0.2, -0.15) is 0 Å². The minimum atomic E-state index is -0.134. The molecule has 0 saturated carbocycles. The number of thiazole rings is 1. The zero-order chi connectivity index (χ0) is 17.1. The first kappa shape index (κ1) is 16.9. The summed E-state index contributed by atoms with van der Waals surface area (Å²) < 4.78 is 0. The van der Waals surface area contributed by atoms with E-state index in [9.17, 15) is 4.79 Å². The second-order valence-electron chi connectivity index (χ2n) is 6.30. The van der Waals surface area contributed by atoms with Crippen molar-refractivity contribution in [3.8, 4) is 0 Å². The van der Waals surface area contributed by atoms with E-state index in [0.717, 1.165) is 37.0 Å². The molecule has 1 atom stereocenters. The molecule has 1 unspecified atom stereocenters. The summed E-state index contributed by atoms with van der Waals surface area (Å²) in [6.45, 7) is 9.69. The van der Waals surface area contributed by atoms with E-state index in [-0.39, 0.29) is 11.9 Å². The van der Waals surface area contributed by atoms with Gasteiger partial charge in [-0.05, 0) is 44.0 Å². The maximum Gasteiger partial charge on any atom is 0.241 e. The summed E-state index contributed by atoms with van der Waals surface area (Å²) in [5, 5.41) is 6.11. The number of benzene rings is 1. The standard InChI is InChI=1S/C18H24N4OS/c1-13-4-5-16(12-14(13)2)20-17(23)15(3)21-7-9-22(10-8-21)18-19-6-11-24-18/h4-6,11-12,15H,7-10H2,1-3H3,(H,20,23). The van der Waals surface area contributed by atoms with E-state index in [4.69, 9.17) is 0 Å². The van der Waals surface area contributed by atoms with E-state index in [1.54, 1.807) is 11.3 Å². The normalized spacial score (nSPS) is 16.9. The summed E-state index contributed by atoms with van der Waals surface area (Å²) in [6, 6.07) is 5.90. The number of amides is 1. The van der Waals surface area contributed by atoms with E-state index < -0.39 is 0 Å². The molecule has 1 fully saturated rings. The smallest absolute Gasteiger partial charge is 0.241 e. The van der Waals surface area contributed by atoms with Gasteiger partial charge >= 0.3 is 0 Å². The van der Waals surface area contributed by atoms with Gasteiger partial charge in [-0.15, -0.1) is 11.3 Å². The summed E-state index contributed by atoms with van der Waals surface area (Å²) in [5.74, 6) is 0.0564. The van der Waals surface area contributed by atoms with Crippen LogP contribution < -0.4 is 10.2 Å². The molecule has 1 aliphatic rings. The van der Waals surface area contributed by atoms with Crippen LogP contribution in [0.1, 0.15) is 18.1 Å². The first-order chi connectivity index (χ1) is 11.5. The van der Waals surface area contributed by atoms with Gasteiger partial charge in [0.15, 0.2) is 5.13 Å². The van der Waals surface area contributed by atoms with Gasteiger partial charge < -0.3 is 10.2 Å². The van der Waals surface area contributed by atoms with Crippen LogP contribution in [0.15, 0.2) is 29.8 Å². The van der Waals surface area contributed by atoms with Crippen LogP contribution in [0.4, 0.5) is 10.8 Å². The molecule has 24 heavy (non-hydrogen) atoms. The summed E-state index contributed by atoms with van der Waals surface area (Å²) in [6.07, 6.45) is 1.84. The van der Waals surface area contributed by atoms with Crippen LogP contribution in [0.3, 0.4) is 0 Å². The van der Waals surface area contributed by atoms with Gasteiger partial charge in [-0.1, -0.05) is 6.07 Å². The second kappa shape index (κ2) is 7.32. The van der Waals surface area contributed by atoms with Gasteiger partial charge in [-0.25, -0.2) is 4.98 Å². The highest BCUT2D eigenvalue weighted by Gasteiger charge is 2.26. The number of anilines is 2. The largest absolute Gasteiger partial charge is 0.346 e. The topological polar surface area (TPSA) is 48.5 Å². The molecular weight excluding hydrogens is 320 g/mol. The van der Waals surface area contributed by atoms with Gasteiger partial charge in [0.1, 0.15) is 0 Å². The van der Waals surface area contributed by atoms with Gasteiger partial charge in [0.2, 0.25) is 5.91 Å². The van der Waals surface area contributed by atoms with Crippen LogP contribution in [-0.4, -0.2) is 48.0 Å².